The number of aromatic nitrogens is 3. The molecule has 0 saturated heterocycles. The fourth-order valence-corrected chi connectivity index (χ4v) is 4.28. The van der Waals surface area contributed by atoms with E-state index in [0.717, 1.165) is 28.8 Å². The van der Waals surface area contributed by atoms with E-state index in [9.17, 15) is 0 Å². The van der Waals surface area contributed by atoms with Crippen LogP contribution in [-0.4, -0.2) is 21.6 Å². The van der Waals surface area contributed by atoms with E-state index in [0.29, 0.717) is 17.8 Å². The van der Waals surface area contributed by atoms with Gasteiger partial charge in [0.2, 0.25) is 5.88 Å². The minimum absolute atomic E-state index is 0.437. The van der Waals surface area contributed by atoms with Gasteiger partial charge < -0.3 is 9.30 Å². The molecule has 0 N–H and O–H groups in total. The van der Waals surface area contributed by atoms with Crippen molar-refractivity contribution in [3.8, 4) is 5.88 Å². The summed E-state index contributed by atoms with van der Waals surface area (Å²) < 4.78 is 7.55. The fourth-order valence-electron chi connectivity index (χ4n) is 4.09. The number of ether oxygens (including phenoxy) is 1. The molecular formula is C15H18ClN3O. The van der Waals surface area contributed by atoms with E-state index in [1.54, 1.807) is 7.11 Å². The summed E-state index contributed by atoms with van der Waals surface area (Å²) in [4.78, 5) is 9.26. The number of rotatable bonds is 3. The van der Waals surface area contributed by atoms with E-state index < -0.39 is 0 Å². The molecule has 2 heterocycles. The maximum atomic E-state index is 6.12. The number of methoxy groups -OCH3 is 1. The van der Waals surface area contributed by atoms with Gasteiger partial charge in [-0.3, -0.25) is 0 Å². The summed E-state index contributed by atoms with van der Waals surface area (Å²) in [5.74, 6) is 3.68. The summed E-state index contributed by atoms with van der Waals surface area (Å²) in [5, 5.41) is 0. The zero-order valence-corrected chi connectivity index (χ0v) is 12.3. The number of nitrogens with zero attached hydrogens (tertiary/aromatic N) is 3. The maximum Gasteiger partial charge on any atom is 0.215 e. The highest BCUT2D eigenvalue weighted by Gasteiger charge is 2.41. The Morgan fingerprint density at radius 2 is 2.20 bits per heavy atom. The fraction of sp³-hybridized carbons (Fsp3) is 0.600. The van der Waals surface area contributed by atoms with E-state index in [-0.39, 0.29) is 0 Å². The normalized spacial score (nSPS) is 28.4. The number of pyridine rings is 1. The smallest absolute Gasteiger partial charge is 0.215 e. The SMILES string of the molecule is COc1ccc2nc(CCl)n(C3CC4CCC3C4)c2n1. The predicted molar refractivity (Wildman–Crippen MR) is 78.1 cm³/mol. The Hall–Kier alpha value is -1.29. The van der Waals surface area contributed by atoms with Gasteiger partial charge in [0.25, 0.3) is 0 Å². The van der Waals surface area contributed by atoms with Crippen molar-refractivity contribution >= 4 is 22.8 Å². The van der Waals surface area contributed by atoms with Gasteiger partial charge in [-0.1, -0.05) is 6.42 Å². The molecule has 2 saturated carbocycles. The molecule has 20 heavy (non-hydrogen) atoms. The molecule has 2 aromatic rings. The molecule has 0 radical (unpaired) electrons. The zero-order valence-electron chi connectivity index (χ0n) is 11.6. The van der Waals surface area contributed by atoms with E-state index in [2.05, 4.69) is 14.5 Å². The van der Waals surface area contributed by atoms with Crippen molar-refractivity contribution in [1.29, 1.82) is 0 Å². The second-order valence-corrected chi connectivity index (χ2v) is 6.24. The summed E-state index contributed by atoms with van der Waals surface area (Å²) in [6.45, 7) is 0. The van der Waals surface area contributed by atoms with Crippen molar-refractivity contribution < 1.29 is 4.74 Å². The molecule has 0 aliphatic heterocycles. The summed E-state index contributed by atoms with van der Waals surface area (Å²) in [7, 11) is 1.65. The molecule has 2 aliphatic rings. The van der Waals surface area contributed by atoms with Crippen molar-refractivity contribution in [2.75, 3.05) is 7.11 Å². The Balaban J connectivity index is 1.87. The lowest BCUT2D eigenvalue weighted by Crippen LogP contribution is -2.18. The molecular weight excluding hydrogens is 274 g/mol. The average Bonchev–Trinajstić information content (AvgIpc) is 3.18. The first-order valence-electron chi connectivity index (χ1n) is 7.28. The zero-order chi connectivity index (χ0) is 13.7. The monoisotopic (exact) mass is 291 g/mol. The Bertz CT molecular complexity index is 654. The van der Waals surface area contributed by atoms with Gasteiger partial charge in [-0.2, -0.15) is 4.98 Å². The van der Waals surface area contributed by atoms with Gasteiger partial charge in [-0.15, -0.1) is 11.6 Å². The first kappa shape index (κ1) is 12.5. The van der Waals surface area contributed by atoms with Gasteiger partial charge in [0.15, 0.2) is 5.65 Å². The lowest BCUT2D eigenvalue weighted by Gasteiger charge is -2.25. The van der Waals surface area contributed by atoms with Gasteiger partial charge in [0, 0.05) is 12.1 Å². The number of imidazole rings is 1. The summed E-state index contributed by atoms with van der Waals surface area (Å²) >= 11 is 6.12. The first-order valence-corrected chi connectivity index (χ1v) is 7.81. The first-order chi connectivity index (χ1) is 9.80. The molecule has 5 heteroatoms. The second-order valence-electron chi connectivity index (χ2n) is 5.97. The molecule has 0 aromatic carbocycles. The Morgan fingerprint density at radius 1 is 1.30 bits per heavy atom. The van der Waals surface area contributed by atoms with Crippen LogP contribution in [0.1, 0.15) is 37.5 Å². The quantitative estimate of drug-likeness (QED) is 0.812. The second kappa shape index (κ2) is 4.62. The van der Waals surface area contributed by atoms with Crippen LogP contribution in [0.5, 0.6) is 5.88 Å². The van der Waals surface area contributed by atoms with Gasteiger partial charge in [0.05, 0.1) is 13.0 Å². The number of fused-ring (bicyclic) bond motifs is 3. The van der Waals surface area contributed by atoms with E-state index >= 15 is 0 Å². The molecule has 2 fully saturated rings. The van der Waals surface area contributed by atoms with Gasteiger partial charge >= 0.3 is 0 Å². The largest absolute Gasteiger partial charge is 0.481 e. The van der Waals surface area contributed by atoms with E-state index in [1.165, 1.54) is 25.7 Å². The number of alkyl halides is 1. The Morgan fingerprint density at radius 3 is 2.85 bits per heavy atom. The highest BCUT2D eigenvalue weighted by molar-refractivity contribution is 6.16. The highest BCUT2D eigenvalue weighted by Crippen LogP contribution is 2.51. The van der Waals surface area contributed by atoms with Gasteiger partial charge in [-0.05, 0) is 37.2 Å². The molecule has 106 valence electrons. The van der Waals surface area contributed by atoms with Crippen LogP contribution in [0.25, 0.3) is 11.2 Å². The van der Waals surface area contributed by atoms with Crippen molar-refractivity contribution in [3.05, 3.63) is 18.0 Å². The van der Waals surface area contributed by atoms with Crippen molar-refractivity contribution in [1.82, 2.24) is 14.5 Å². The molecule has 2 bridgehead atoms. The minimum Gasteiger partial charge on any atom is -0.481 e. The maximum absolute atomic E-state index is 6.12. The van der Waals surface area contributed by atoms with Gasteiger partial charge in [0.1, 0.15) is 11.3 Å². The highest BCUT2D eigenvalue weighted by atomic mass is 35.5. The molecule has 0 amide bonds. The van der Waals surface area contributed by atoms with E-state index in [4.69, 9.17) is 16.3 Å². The molecule has 2 aromatic heterocycles. The van der Waals surface area contributed by atoms with Crippen LogP contribution >= 0.6 is 11.6 Å². The van der Waals surface area contributed by atoms with Crippen molar-refractivity contribution in [2.45, 2.75) is 37.6 Å². The lowest BCUT2D eigenvalue weighted by molar-refractivity contribution is 0.329. The Kier molecular flexibility index (Phi) is 2.88. The predicted octanol–water partition coefficient (Wildman–Crippen LogP) is 3.54. The van der Waals surface area contributed by atoms with Gasteiger partial charge in [-0.25, -0.2) is 4.98 Å². The molecule has 3 atom stereocenters. The van der Waals surface area contributed by atoms with Crippen LogP contribution in [0.4, 0.5) is 0 Å². The van der Waals surface area contributed by atoms with Crippen LogP contribution in [0.2, 0.25) is 0 Å². The van der Waals surface area contributed by atoms with Crippen molar-refractivity contribution in [3.63, 3.8) is 0 Å². The number of hydrogen-bond donors (Lipinski definition) is 0. The summed E-state index contributed by atoms with van der Waals surface area (Å²) in [6.07, 6.45) is 5.33. The molecule has 2 aliphatic carbocycles. The molecule has 4 rings (SSSR count). The number of halogens is 1. The van der Waals surface area contributed by atoms with Crippen LogP contribution in [-0.2, 0) is 5.88 Å². The van der Waals surface area contributed by atoms with Crippen molar-refractivity contribution in [2.24, 2.45) is 11.8 Å². The number of hydrogen-bond acceptors (Lipinski definition) is 3. The lowest BCUT2D eigenvalue weighted by atomic mass is 9.95. The molecule has 4 nitrogen and oxygen atoms in total. The molecule has 0 spiro atoms. The third-order valence-electron chi connectivity index (χ3n) is 4.95. The third kappa shape index (κ3) is 1.74. The minimum atomic E-state index is 0.437. The molecule has 3 unspecified atom stereocenters. The topological polar surface area (TPSA) is 39.9 Å². The standard InChI is InChI=1S/C15H18ClN3O/c1-20-14-5-4-11-15(18-14)19(13(8-16)17-11)12-7-9-2-3-10(12)6-9/h4-5,9-10,12H,2-3,6-8H2,1H3. The summed E-state index contributed by atoms with van der Waals surface area (Å²) in [5.41, 5.74) is 1.85. The summed E-state index contributed by atoms with van der Waals surface area (Å²) in [6, 6.07) is 4.35. The van der Waals surface area contributed by atoms with E-state index in [1.807, 2.05) is 12.1 Å². The van der Waals surface area contributed by atoms with Crippen LogP contribution < -0.4 is 4.74 Å². The Labute approximate surface area is 123 Å². The van der Waals surface area contributed by atoms with Crippen LogP contribution in [0.3, 0.4) is 0 Å². The third-order valence-corrected chi connectivity index (χ3v) is 5.18. The van der Waals surface area contributed by atoms with Crippen LogP contribution in [0.15, 0.2) is 12.1 Å². The van der Waals surface area contributed by atoms with Crippen LogP contribution in [0, 0.1) is 11.8 Å². The average molecular weight is 292 g/mol.